The number of methoxy groups -OCH3 is 1. The fraction of sp³-hybridized carbons (Fsp3) is 0.258. The number of hydrogen-bond donors (Lipinski definition) is 0. The van der Waals surface area contributed by atoms with E-state index in [1.54, 1.807) is 7.11 Å². The van der Waals surface area contributed by atoms with Crippen LogP contribution in [0.4, 0.5) is 0 Å². The average molecular weight is 452 g/mol. The third kappa shape index (κ3) is 6.05. The molecule has 0 radical (unpaired) electrons. The Morgan fingerprint density at radius 1 is 0.735 bits per heavy atom. The normalized spacial score (nSPS) is 12.6. The van der Waals surface area contributed by atoms with Gasteiger partial charge in [0.25, 0.3) is 0 Å². The van der Waals surface area contributed by atoms with Crippen molar-refractivity contribution in [3.63, 3.8) is 0 Å². The van der Waals surface area contributed by atoms with Gasteiger partial charge in [0.2, 0.25) is 0 Å². The summed E-state index contributed by atoms with van der Waals surface area (Å²) < 4.78 is 12.4. The van der Waals surface area contributed by atoms with Crippen LogP contribution < -0.4 is 9.47 Å². The molecule has 3 nitrogen and oxygen atoms in total. The summed E-state index contributed by atoms with van der Waals surface area (Å²) >= 11 is 0. The second kappa shape index (κ2) is 12.0. The van der Waals surface area contributed by atoms with Crippen molar-refractivity contribution in [2.45, 2.75) is 44.6 Å². The molecule has 0 spiro atoms. The van der Waals surface area contributed by atoms with E-state index in [1.165, 1.54) is 22.3 Å². The molecular formula is C31H33NO2. The number of benzene rings is 3. The average Bonchev–Trinajstić information content (AvgIpc) is 2.91. The van der Waals surface area contributed by atoms with Crippen molar-refractivity contribution in [1.29, 1.82) is 0 Å². The van der Waals surface area contributed by atoms with Gasteiger partial charge in [0.05, 0.1) is 7.11 Å². The van der Waals surface area contributed by atoms with Crippen LogP contribution in [-0.2, 0) is 6.42 Å². The Balaban J connectivity index is 1.70. The van der Waals surface area contributed by atoms with Gasteiger partial charge in [-0.25, -0.2) is 0 Å². The van der Waals surface area contributed by atoms with E-state index in [0.29, 0.717) is 0 Å². The van der Waals surface area contributed by atoms with Gasteiger partial charge in [0.15, 0.2) is 11.5 Å². The first-order chi connectivity index (χ1) is 16.8. The first-order valence-electron chi connectivity index (χ1n) is 12.1. The quantitative estimate of drug-likeness (QED) is 0.233. The SMILES string of the molecule is CCCCC(Oc1cc(C(Cc2ccncc2)c2ccccc2)ccc1OC)c1ccccc1. The lowest BCUT2D eigenvalue weighted by molar-refractivity contribution is 0.183. The Morgan fingerprint density at radius 3 is 2.06 bits per heavy atom. The molecular weight excluding hydrogens is 418 g/mol. The molecule has 4 rings (SSSR count). The monoisotopic (exact) mass is 451 g/mol. The lowest BCUT2D eigenvalue weighted by atomic mass is 9.86. The van der Waals surface area contributed by atoms with Gasteiger partial charge in [-0.1, -0.05) is 80.1 Å². The maximum atomic E-state index is 6.67. The first-order valence-corrected chi connectivity index (χ1v) is 12.1. The lowest BCUT2D eigenvalue weighted by Crippen LogP contribution is -2.10. The topological polar surface area (TPSA) is 31.4 Å². The summed E-state index contributed by atoms with van der Waals surface area (Å²) in [7, 11) is 1.71. The van der Waals surface area contributed by atoms with Crippen molar-refractivity contribution in [2.24, 2.45) is 0 Å². The highest BCUT2D eigenvalue weighted by Crippen LogP contribution is 2.38. The summed E-state index contributed by atoms with van der Waals surface area (Å²) in [6.45, 7) is 2.22. The molecule has 1 aromatic heterocycles. The maximum Gasteiger partial charge on any atom is 0.162 e. The smallest absolute Gasteiger partial charge is 0.162 e. The minimum absolute atomic E-state index is 0.0133. The molecule has 3 heteroatoms. The van der Waals surface area contributed by atoms with Crippen LogP contribution in [0.1, 0.15) is 60.5 Å². The molecule has 2 unspecified atom stereocenters. The molecule has 0 fully saturated rings. The summed E-state index contributed by atoms with van der Waals surface area (Å²) in [6, 6.07) is 31.7. The second-order valence-corrected chi connectivity index (χ2v) is 8.59. The van der Waals surface area contributed by atoms with Crippen molar-refractivity contribution in [1.82, 2.24) is 4.98 Å². The minimum atomic E-state index is -0.0133. The summed E-state index contributed by atoms with van der Waals surface area (Å²) in [4.78, 5) is 4.18. The number of ether oxygens (including phenoxy) is 2. The van der Waals surface area contributed by atoms with Crippen molar-refractivity contribution >= 4 is 0 Å². The molecule has 0 aliphatic carbocycles. The highest BCUT2D eigenvalue weighted by Gasteiger charge is 2.20. The number of pyridine rings is 1. The van der Waals surface area contributed by atoms with Crippen LogP contribution in [0.15, 0.2) is 103 Å². The van der Waals surface area contributed by atoms with Gasteiger partial charge in [-0.3, -0.25) is 4.98 Å². The predicted octanol–water partition coefficient (Wildman–Crippen LogP) is 7.78. The van der Waals surface area contributed by atoms with Gasteiger partial charge in [0, 0.05) is 18.3 Å². The van der Waals surface area contributed by atoms with Crippen LogP contribution in [0.2, 0.25) is 0 Å². The molecule has 34 heavy (non-hydrogen) atoms. The van der Waals surface area contributed by atoms with Gasteiger partial charge < -0.3 is 9.47 Å². The van der Waals surface area contributed by atoms with E-state index in [0.717, 1.165) is 37.2 Å². The molecule has 0 amide bonds. The number of unbranched alkanes of at least 4 members (excludes halogenated alkanes) is 1. The first kappa shape index (κ1) is 23.6. The zero-order valence-electron chi connectivity index (χ0n) is 20.1. The molecule has 0 aliphatic rings. The van der Waals surface area contributed by atoms with Crippen LogP contribution in [0.25, 0.3) is 0 Å². The maximum absolute atomic E-state index is 6.67. The van der Waals surface area contributed by atoms with Crippen LogP contribution in [0.3, 0.4) is 0 Å². The van der Waals surface area contributed by atoms with Crippen LogP contribution in [-0.4, -0.2) is 12.1 Å². The Labute approximate surface area is 203 Å². The van der Waals surface area contributed by atoms with Crippen molar-refractivity contribution < 1.29 is 9.47 Å². The van der Waals surface area contributed by atoms with Gasteiger partial charge in [0.1, 0.15) is 6.10 Å². The number of rotatable bonds is 11. The Hall–Kier alpha value is -3.59. The standard InChI is InChI=1S/C31H33NO2/c1-3-4-15-29(26-13-9-6-10-14-26)34-31-23-27(16-17-30(31)33-2)28(25-11-7-5-8-12-25)22-24-18-20-32-21-19-24/h5-14,16-21,23,28-29H,3-4,15,22H2,1-2H3. The van der Waals surface area contributed by atoms with Crippen molar-refractivity contribution in [3.05, 3.63) is 126 Å². The third-order valence-electron chi connectivity index (χ3n) is 6.24. The molecule has 3 aromatic carbocycles. The van der Waals surface area contributed by atoms with E-state index in [4.69, 9.17) is 9.47 Å². The summed E-state index contributed by atoms with van der Waals surface area (Å²) in [5, 5.41) is 0. The zero-order valence-corrected chi connectivity index (χ0v) is 20.1. The Kier molecular flexibility index (Phi) is 8.34. The fourth-order valence-corrected chi connectivity index (χ4v) is 4.37. The van der Waals surface area contributed by atoms with E-state index in [2.05, 4.69) is 90.8 Å². The highest BCUT2D eigenvalue weighted by atomic mass is 16.5. The van der Waals surface area contributed by atoms with E-state index in [1.807, 2.05) is 24.5 Å². The molecule has 0 N–H and O–H groups in total. The Morgan fingerprint density at radius 2 is 1.41 bits per heavy atom. The van der Waals surface area contributed by atoms with Gasteiger partial charge in [-0.15, -0.1) is 0 Å². The summed E-state index contributed by atoms with van der Waals surface area (Å²) in [5.41, 5.74) is 4.94. The van der Waals surface area contributed by atoms with E-state index < -0.39 is 0 Å². The molecule has 0 bridgehead atoms. The van der Waals surface area contributed by atoms with E-state index in [9.17, 15) is 0 Å². The summed E-state index contributed by atoms with van der Waals surface area (Å²) in [6.07, 6.45) is 7.79. The molecule has 4 aromatic rings. The van der Waals surface area contributed by atoms with Crippen LogP contribution >= 0.6 is 0 Å². The van der Waals surface area contributed by atoms with Crippen LogP contribution in [0.5, 0.6) is 11.5 Å². The number of aromatic nitrogens is 1. The molecule has 2 atom stereocenters. The predicted molar refractivity (Wildman–Crippen MR) is 139 cm³/mol. The minimum Gasteiger partial charge on any atom is -0.493 e. The largest absolute Gasteiger partial charge is 0.493 e. The van der Waals surface area contributed by atoms with E-state index >= 15 is 0 Å². The van der Waals surface area contributed by atoms with Crippen molar-refractivity contribution in [3.8, 4) is 11.5 Å². The molecule has 174 valence electrons. The van der Waals surface area contributed by atoms with Gasteiger partial charge >= 0.3 is 0 Å². The third-order valence-corrected chi connectivity index (χ3v) is 6.24. The lowest BCUT2D eigenvalue weighted by Gasteiger charge is -2.24. The second-order valence-electron chi connectivity index (χ2n) is 8.59. The highest BCUT2D eigenvalue weighted by molar-refractivity contribution is 5.47. The molecule has 1 heterocycles. The number of hydrogen-bond acceptors (Lipinski definition) is 3. The molecule has 0 saturated heterocycles. The molecule has 0 aliphatic heterocycles. The van der Waals surface area contributed by atoms with Gasteiger partial charge in [-0.05, 0) is 65.8 Å². The fourth-order valence-electron chi connectivity index (χ4n) is 4.37. The Bertz CT molecular complexity index is 1130. The van der Waals surface area contributed by atoms with Crippen LogP contribution in [0, 0.1) is 0 Å². The number of nitrogens with zero attached hydrogens (tertiary/aromatic N) is 1. The van der Waals surface area contributed by atoms with Crippen molar-refractivity contribution in [2.75, 3.05) is 7.11 Å². The molecule has 0 saturated carbocycles. The zero-order chi connectivity index (χ0) is 23.6. The summed E-state index contributed by atoms with van der Waals surface area (Å²) in [5.74, 6) is 1.75. The van der Waals surface area contributed by atoms with E-state index in [-0.39, 0.29) is 12.0 Å². The van der Waals surface area contributed by atoms with Gasteiger partial charge in [-0.2, -0.15) is 0 Å².